The summed E-state index contributed by atoms with van der Waals surface area (Å²) in [6, 6.07) is 5.71. The Bertz CT molecular complexity index is 647. The Morgan fingerprint density at radius 2 is 2.00 bits per heavy atom. The second-order valence-corrected chi connectivity index (χ2v) is 5.22. The van der Waals surface area contributed by atoms with Crippen molar-refractivity contribution >= 4 is 28.2 Å². The molecule has 1 heterocycles. The average Bonchev–Trinajstić information content (AvgIpc) is 2.80. The van der Waals surface area contributed by atoms with E-state index in [0.717, 1.165) is 11.1 Å². The van der Waals surface area contributed by atoms with Crippen LogP contribution in [0, 0.1) is 13.8 Å². The lowest BCUT2D eigenvalue weighted by molar-refractivity contribution is 0.100. The van der Waals surface area contributed by atoms with Gasteiger partial charge in [0.25, 0.3) is 5.91 Å². The van der Waals surface area contributed by atoms with E-state index in [-0.39, 0.29) is 11.7 Å². The van der Waals surface area contributed by atoms with E-state index in [1.807, 2.05) is 32.0 Å². The van der Waals surface area contributed by atoms with Gasteiger partial charge in [0, 0.05) is 17.9 Å². The number of nitrogens with zero attached hydrogens (tertiary/aromatic N) is 1. The molecule has 2 aromatic rings. The number of aryl methyl sites for hydroxylation is 2. The highest BCUT2D eigenvalue weighted by Gasteiger charge is 2.12. The first-order valence-corrected chi connectivity index (χ1v) is 6.70. The van der Waals surface area contributed by atoms with Crippen LogP contribution in [0.4, 0.5) is 5.13 Å². The first kappa shape index (κ1) is 13.4. The van der Waals surface area contributed by atoms with E-state index in [1.54, 1.807) is 5.38 Å². The Morgan fingerprint density at radius 1 is 1.26 bits per heavy atom. The Kier molecular flexibility index (Phi) is 3.76. The molecule has 0 bridgehead atoms. The number of anilines is 1. The fourth-order valence-electron chi connectivity index (χ4n) is 1.64. The number of amides is 1. The van der Waals surface area contributed by atoms with E-state index < -0.39 is 0 Å². The first-order valence-electron chi connectivity index (χ1n) is 5.82. The third-order valence-electron chi connectivity index (χ3n) is 2.72. The molecule has 0 fully saturated rings. The van der Waals surface area contributed by atoms with Gasteiger partial charge in [0.05, 0.1) is 0 Å². The number of carbonyl (C=O) groups is 2. The topological polar surface area (TPSA) is 59.1 Å². The lowest BCUT2D eigenvalue weighted by atomic mass is 10.1. The molecule has 0 spiro atoms. The van der Waals surface area contributed by atoms with Crippen LogP contribution in [-0.2, 0) is 0 Å². The Hall–Kier alpha value is -2.01. The number of ketones is 1. The summed E-state index contributed by atoms with van der Waals surface area (Å²) < 4.78 is 0. The molecule has 4 nitrogen and oxygen atoms in total. The Labute approximate surface area is 115 Å². The molecule has 1 amide bonds. The maximum atomic E-state index is 12.1. The van der Waals surface area contributed by atoms with Crippen molar-refractivity contribution in [2.45, 2.75) is 20.8 Å². The molecule has 0 saturated carbocycles. The summed E-state index contributed by atoms with van der Waals surface area (Å²) in [6.07, 6.45) is 0. The highest BCUT2D eigenvalue weighted by molar-refractivity contribution is 7.14. The third kappa shape index (κ3) is 3.06. The van der Waals surface area contributed by atoms with Crippen LogP contribution in [0.2, 0.25) is 0 Å². The van der Waals surface area contributed by atoms with Gasteiger partial charge in [-0.25, -0.2) is 4.98 Å². The predicted octanol–water partition coefficient (Wildman–Crippen LogP) is 3.21. The molecule has 0 aliphatic carbocycles. The summed E-state index contributed by atoms with van der Waals surface area (Å²) in [6.45, 7) is 5.27. The SMILES string of the molecule is CC(=O)c1csc(NC(=O)c2cc(C)ccc2C)n1. The van der Waals surface area contributed by atoms with E-state index in [9.17, 15) is 9.59 Å². The number of nitrogens with one attached hydrogen (secondary N) is 1. The molecule has 0 aliphatic rings. The van der Waals surface area contributed by atoms with Crippen LogP contribution in [-0.4, -0.2) is 16.7 Å². The van der Waals surface area contributed by atoms with Gasteiger partial charge >= 0.3 is 0 Å². The summed E-state index contributed by atoms with van der Waals surface area (Å²) >= 11 is 1.25. The van der Waals surface area contributed by atoms with Crippen LogP contribution in [0.25, 0.3) is 0 Å². The third-order valence-corrected chi connectivity index (χ3v) is 3.48. The molecule has 0 atom stereocenters. The minimum Gasteiger partial charge on any atom is -0.298 e. The molecule has 0 saturated heterocycles. The fourth-order valence-corrected chi connectivity index (χ4v) is 2.38. The molecular weight excluding hydrogens is 260 g/mol. The van der Waals surface area contributed by atoms with Crippen LogP contribution in [0.1, 0.15) is 38.9 Å². The quantitative estimate of drug-likeness (QED) is 0.874. The Morgan fingerprint density at radius 3 is 2.63 bits per heavy atom. The number of hydrogen-bond donors (Lipinski definition) is 1. The second-order valence-electron chi connectivity index (χ2n) is 4.37. The summed E-state index contributed by atoms with van der Waals surface area (Å²) in [4.78, 5) is 27.3. The van der Waals surface area contributed by atoms with Crippen LogP contribution in [0.15, 0.2) is 23.6 Å². The molecule has 1 aromatic heterocycles. The van der Waals surface area contributed by atoms with Gasteiger partial charge < -0.3 is 0 Å². The van der Waals surface area contributed by atoms with Crippen LogP contribution < -0.4 is 5.32 Å². The van der Waals surface area contributed by atoms with Crippen molar-refractivity contribution in [2.75, 3.05) is 5.32 Å². The number of carbonyl (C=O) groups excluding carboxylic acids is 2. The molecule has 19 heavy (non-hydrogen) atoms. The van der Waals surface area contributed by atoms with Crippen molar-refractivity contribution < 1.29 is 9.59 Å². The molecule has 0 radical (unpaired) electrons. The van der Waals surface area contributed by atoms with Crippen LogP contribution >= 0.6 is 11.3 Å². The van der Waals surface area contributed by atoms with E-state index in [4.69, 9.17) is 0 Å². The number of thiazole rings is 1. The standard InChI is InChI=1S/C14H14N2O2S/c1-8-4-5-9(2)11(6-8)13(18)16-14-15-12(7-19-14)10(3)17/h4-7H,1-3H3,(H,15,16,18). The lowest BCUT2D eigenvalue weighted by Gasteiger charge is -2.06. The zero-order chi connectivity index (χ0) is 14.0. The highest BCUT2D eigenvalue weighted by atomic mass is 32.1. The van der Waals surface area contributed by atoms with Gasteiger partial charge in [-0.15, -0.1) is 11.3 Å². The first-order chi connectivity index (χ1) is 8.97. The smallest absolute Gasteiger partial charge is 0.257 e. The summed E-state index contributed by atoms with van der Waals surface area (Å²) in [7, 11) is 0. The fraction of sp³-hybridized carbons (Fsp3) is 0.214. The number of hydrogen-bond acceptors (Lipinski definition) is 4. The van der Waals surface area contributed by atoms with Crippen LogP contribution in [0.3, 0.4) is 0 Å². The Balaban J connectivity index is 2.20. The van der Waals surface area contributed by atoms with Crippen molar-refractivity contribution in [3.63, 3.8) is 0 Å². The predicted molar refractivity (Wildman–Crippen MR) is 76.0 cm³/mol. The zero-order valence-electron chi connectivity index (χ0n) is 11.0. The van der Waals surface area contributed by atoms with Gasteiger partial charge in [-0.05, 0) is 25.5 Å². The van der Waals surface area contributed by atoms with Gasteiger partial charge in [0.15, 0.2) is 10.9 Å². The number of aromatic nitrogens is 1. The van der Waals surface area contributed by atoms with Crippen molar-refractivity contribution in [1.82, 2.24) is 4.98 Å². The van der Waals surface area contributed by atoms with Gasteiger partial charge in [-0.3, -0.25) is 14.9 Å². The van der Waals surface area contributed by atoms with Gasteiger partial charge in [-0.2, -0.15) is 0 Å². The highest BCUT2D eigenvalue weighted by Crippen LogP contribution is 2.18. The number of Topliss-reactive ketones (excluding diaryl/α,β-unsaturated/α-hetero) is 1. The van der Waals surface area contributed by atoms with E-state index in [0.29, 0.717) is 16.4 Å². The minimum absolute atomic E-state index is 0.108. The average molecular weight is 274 g/mol. The van der Waals surface area contributed by atoms with E-state index >= 15 is 0 Å². The van der Waals surface area contributed by atoms with Gasteiger partial charge in [0.1, 0.15) is 5.69 Å². The molecule has 0 unspecified atom stereocenters. The maximum absolute atomic E-state index is 12.1. The normalized spacial score (nSPS) is 10.3. The zero-order valence-corrected chi connectivity index (χ0v) is 11.8. The van der Waals surface area contributed by atoms with E-state index in [2.05, 4.69) is 10.3 Å². The van der Waals surface area contributed by atoms with Crippen molar-refractivity contribution in [2.24, 2.45) is 0 Å². The summed E-state index contributed by atoms with van der Waals surface area (Å²) in [5.41, 5.74) is 2.94. The molecule has 1 N–H and O–H groups in total. The molecule has 5 heteroatoms. The van der Waals surface area contributed by atoms with Crippen molar-refractivity contribution in [1.29, 1.82) is 0 Å². The molecule has 2 rings (SSSR count). The molecule has 0 aliphatic heterocycles. The van der Waals surface area contributed by atoms with Crippen LogP contribution in [0.5, 0.6) is 0 Å². The summed E-state index contributed by atoms with van der Waals surface area (Å²) in [5, 5.41) is 4.80. The molecular formula is C14H14N2O2S. The van der Waals surface area contributed by atoms with Gasteiger partial charge in [-0.1, -0.05) is 17.7 Å². The lowest BCUT2D eigenvalue weighted by Crippen LogP contribution is -2.13. The van der Waals surface area contributed by atoms with E-state index in [1.165, 1.54) is 18.3 Å². The molecule has 1 aromatic carbocycles. The minimum atomic E-state index is -0.203. The number of rotatable bonds is 3. The largest absolute Gasteiger partial charge is 0.298 e. The second kappa shape index (κ2) is 5.32. The molecule has 98 valence electrons. The van der Waals surface area contributed by atoms with Gasteiger partial charge in [0.2, 0.25) is 0 Å². The number of benzene rings is 1. The van der Waals surface area contributed by atoms with Crippen molar-refractivity contribution in [3.8, 4) is 0 Å². The summed E-state index contributed by atoms with van der Waals surface area (Å²) in [5.74, 6) is -0.311. The van der Waals surface area contributed by atoms with Crippen molar-refractivity contribution in [3.05, 3.63) is 46.0 Å². The maximum Gasteiger partial charge on any atom is 0.257 e. The monoisotopic (exact) mass is 274 g/mol.